The van der Waals surface area contributed by atoms with Crippen LogP contribution in [0.15, 0.2) is 53.6 Å². The fourth-order valence-electron chi connectivity index (χ4n) is 3.00. The van der Waals surface area contributed by atoms with Crippen molar-refractivity contribution in [2.45, 2.75) is 26.4 Å². The Hall–Kier alpha value is -3.25. The van der Waals surface area contributed by atoms with Crippen LogP contribution < -0.4 is 19.6 Å². The summed E-state index contributed by atoms with van der Waals surface area (Å²) in [7, 11) is 3.07. The molecule has 31 heavy (non-hydrogen) atoms. The molecule has 7 heteroatoms. The van der Waals surface area contributed by atoms with Crippen molar-refractivity contribution in [1.29, 1.82) is 0 Å². The molecule has 162 valence electrons. The number of rotatable bonds is 8. The number of carbonyl (C=O) groups is 1. The molecule has 0 aliphatic heterocycles. The normalized spacial score (nSPS) is 12.0. The van der Waals surface area contributed by atoms with Crippen molar-refractivity contribution in [2.75, 3.05) is 14.2 Å². The molecule has 3 rings (SSSR count). The highest BCUT2D eigenvalue weighted by molar-refractivity contribution is 6.32. The number of carbonyl (C=O) groups excluding carboxylic acids is 1. The number of methoxy groups -OCH3 is 2. The summed E-state index contributed by atoms with van der Waals surface area (Å²) >= 11 is 6.38. The van der Waals surface area contributed by atoms with Gasteiger partial charge in [0.15, 0.2) is 11.5 Å². The Kier molecular flexibility index (Phi) is 7.36. The number of amides is 1. The number of benzene rings is 3. The zero-order chi connectivity index (χ0) is 22.4. The average molecular weight is 441 g/mol. The maximum Gasteiger partial charge on any atom is 0.275 e. The van der Waals surface area contributed by atoms with Gasteiger partial charge in [-0.15, -0.1) is 0 Å². The van der Waals surface area contributed by atoms with Gasteiger partial charge in [0.25, 0.3) is 5.91 Å². The molecule has 0 bridgehead atoms. The molecule has 0 fully saturated rings. The maximum atomic E-state index is 12.7. The molecular formula is C24H25ClN2O4. The molecule has 0 saturated carbocycles. The number of halogens is 1. The number of fused-ring (bicyclic) bond motifs is 1. The second-order valence-electron chi connectivity index (χ2n) is 6.97. The molecule has 0 saturated heterocycles. The van der Waals surface area contributed by atoms with E-state index in [0.717, 1.165) is 17.2 Å². The van der Waals surface area contributed by atoms with Gasteiger partial charge < -0.3 is 14.2 Å². The van der Waals surface area contributed by atoms with Crippen molar-refractivity contribution >= 4 is 34.5 Å². The zero-order valence-corrected chi connectivity index (χ0v) is 18.7. The van der Waals surface area contributed by atoms with Crippen LogP contribution in [0, 0.1) is 0 Å². The van der Waals surface area contributed by atoms with Crippen LogP contribution in [0.3, 0.4) is 0 Å². The third kappa shape index (κ3) is 5.27. The van der Waals surface area contributed by atoms with Crippen LogP contribution in [-0.4, -0.2) is 32.4 Å². The fraction of sp³-hybridized carbons (Fsp3) is 0.250. The Bertz CT molecular complexity index is 1110. The number of hydrogen-bond donors (Lipinski definition) is 1. The Balaban J connectivity index is 1.79. The SMILES string of the molecule is CC[C@@H](C)Oc1c(Cl)cc(/C=N\NC(=O)c2cc3ccccc3cc2OC)cc1OC. The van der Waals surface area contributed by atoms with Gasteiger partial charge in [0.05, 0.1) is 37.1 Å². The predicted molar refractivity (Wildman–Crippen MR) is 124 cm³/mol. The first-order valence-corrected chi connectivity index (χ1v) is 10.3. The second kappa shape index (κ2) is 10.2. The smallest absolute Gasteiger partial charge is 0.275 e. The fourth-order valence-corrected chi connectivity index (χ4v) is 3.27. The minimum atomic E-state index is -0.381. The van der Waals surface area contributed by atoms with Crippen molar-refractivity contribution in [3.63, 3.8) is 0 Å². The summed E-state index contributed by atoms with van der Waals surface area (Å²) in [4.78, 5) is 12.7. The van der Waals surface area contributed by atoms with Crippen molar-refractivity contribution in [2.24, 2.45) is 5.10 Å². The molecule has 0 radical (unpaired) electrons. The largest absolute Gasteiger partial charge is 0.496 e. The predicted octanol–water partition coefficient (Wildman–Crippen LogP) is 5.45. The minimum Gasteiger partial charge on any atom is -0.496 e. The Morgan fingerprint density at radius 3 is 2.42 bits per heavy atom. The maximum absolute atomic E-state index is 12.7. The lowest BCUT2D eigenvalue weighted by atomic mass is 10.1. The summed E-state index contributed by atoms with van der Waals surface area (Å²) in [6.45, 7) is 3.99. The molecule has 0 aliphatic rings. The van der Waals surface area contributed by atoms with E-state index in [0.29, 0.717) is 33.4 Å². The molecule has 0 aromatic heterocycles. The second-order valence-corrected chi connectivity index (χ2v) is 7.38. The molecule has 0 spiro atoms. The van der Waals surface area contributed by atoms with E-state index < -0.39 is 0 Å². The molecule has 3 aromatic rings. The number of ether oxygens (including phenoxy) is 3. The molecule has 1 amide bonds. The number of hydrogen-bond acceptors (Lipinski definition) is 5. The summed E-state index contributed by atoms with van der Waals surface area (Å²) in [5.41, 5.74) is 3.59. The third-order valence-corrected chi connectivity index (χ3v) is 5.12. The minimum absolute atomic E-state index is 0.00198. The molecule has 3 aromatic carbocycles. The summed E-state index contributed by atoms with van der Waals surface area (Å²) in [5.74, 6) is 1.08. The molecule has 6 nitrogen and oxygen atoms in total. The van der Waals surface area contributed by atoms with Crippen molar-refractivity contribution in [3.05, 3.63) is 64.7 Å². The van der Waals surface area contributed by atoms with Gasteiger partial charge in [0.2, 0.25) is 0 Å². The van der Waals surface area contributed by atoms with Crippen LogP contribution in [0.4, 0.5) is 0 Å². The lowest BCUT2D eigenvalue weighted by molar-refractivity contribution is 0.0952. The summed E-state index contributed by atoms with van der Waals surface area (Å²) < 4.78 is 16.6. The van der Waals surface area contributed by atoms with E-state index in [4.69, 9.17) is 25.8 Å². The van der Waals surface area contributed by atoms with E-state index >= 15 is 0 Å². The lowest BCUT2D eigenvalue weighted by Crippen LogP contribution is -2.18. The highest BCUT2D eigenvalue weighted by Gasteiger charge is 2.15. The van der Waals surface area contributed by atoms with Gasteiger partial charge in [-0.3, -0.25) is 4.79 Å². The molecule has 1 N–H and O–H groups in total. The van der Waals surface area contributed by atoms with Crippen LogP contribution in [0.5, 0.6) is 17.2 Å². The Labute approximate surface area is 186 Å². The first kappa shape index (κ1) is 22.4. The van der Waals surface area contributed by atoms with Crippen LogP contribution >= 0.6 is 11.6 Å². The zero-order valence-electron chi connectivity index (χ0n) is 17.9. The first-order chi connectivity index (χ1) is 15.0. The number of hydrazone groups is 1. The summed E-state index contributed by atoms with van der Waals surface area (Å²) in [6.07, 6.45) is 2.34. The molecule has 0 unspecified atom stereocenters. The van der Waals surface area contributed by atoms with Crippen LogP contribution in [-0.2, 0) is 0 Å². The van der Waals surface area contributed by atoms with Gasteiger partial charge in [0.1, 0.15) is 5.75 Å². The van der Waals surface area contributed by atoms with E-state index in [2.05, 4.69) is 10.5 Å². The van der Waals surface area contributed by atoms with Gasteiger partial charge in [-0.25, -0.2) is 5.43 Å². The molecule has 0 heterocycles. The van der Waals surface area contributed by atoms with E-state index in [1.165, 1.54) is 13.3 Å². The summed E-state index contributed by atoms with van der Waals surface area (Å²) in [5, 5.41) is 6.39. The van der Waals surface area contributed by atoms with Crippen molar-refractivity contribution < 1.29 is 19.0 Å². The first-order valence-electron chi connectivity index (χ1n) is 9.91. The monoisotopic (exact) mass is 440 g/mol. The van der Waals surface area contributed by atoms with E-state index in [-0.39, 0.29) is 12.0 Å². The Morgan fingerprint density at radius 1 is 1.10 bits per heavy atom. The highest BCUT2D eigenvalue weighted by Crippen LogP contribution is 2.37. The molecular weight excluding hydrogens is 416 g/mol. The van der Waals surface area contributed by atoms with Gasteiger partial charge >= 0.3 is 0 Å². The van der Waals surface area contributed by atoms with E-state index in [1.807, 2.05) is 44.2 Å². The average Bonchev–Trinajstić information content (AvgIpc) is 2.79. The van der Waals surface area contributed by atoms with Gasteiger partial charge in [-0.1, -0.05) is 42.8 Å². The molecule has 1 atom stereocenters. The standard InChI is InChI=1S/C24H25ClN2O4/c1-5-15(2)31-23-20(25)10-16(11-22(23)30-4)14-26-27-24(28)19-12-17-8-6-7-9-18(17)13-21(19)29-3/h6-15H,5H2,1-4H3,(H,27,28)/b26-14-/t15-/m1/s1. The topological polar surface area (TPSA) is 69.2 Å². The van der Waals surface area contributed by atoms with Crippen molar-refractivity contribution in [1.82, 2.24) is 5.43 Å². The van der Waals surface area contributed by atoms with Crippen LogP contribution in [0.2, 0.25) is 5.02 Å². The van der Waals surface area contributed by atoms with Crippen LogP contribution in [0.1, 0.15) is 36.2 Å². The Morgan fingerprint density at radius 2 is 1.77 bits per heavy atom. The number of nitrogens with zero attached hydrogens (tertiary/aromatic N) is 1. The molecule has 0 aliphatic carbocycles. The van der Waals surface area contributed by atoms with Gasteiger partial charge in [0, 0.05) is 0 Å². The summed E-state index contributed by atoms with van der Waals surface area (Å²) in [6, 6.07) is 14.8. The third-order valence-electron chi connectivity index (χ3n) is 4.84. The van der Waals surface area contributed by atoms with E-state index in [9.17, 15) is 4.79 Å². The number of nitrogens with one attached hydrogen (secondary N) is 1. The van der Waals surface area contributed by atoms with Gasteiger partial charge in [-0.05, 0) is 53.9 Å². The highest BCUT2D eigenvalue weighted by atomic mass is 35.5. The van der Waals surface area contributed by atoms with Crippen LogP contribution in [0.25, 0.3) is 10.8 Å². The quantitative estimate of drug-likeness (QED) is 0.373. The van der Waals surface area contributed by atoms with E-state index in [1.54, 1.807) is 25.3 Å². The van der Waals surface area contributed by atoms with Gasteiger partial charge in [-0.2, -0.15) is 5.10 Å². The van der Waals surface area contributed by atoms with Crippen molar-refractivity contribution in [3.8, 4) is 17.2 Å². The lowest BCUT2D eigenvalue weighted by Gasteiger charge is -2.17.